The van der Waals surface area contributed by atoms with Gasteiger partial charge in [-0.1, -0.05) is 53.1 Å². The van der Waals surface area contributed by atoms with Crippen molar-refractivity contribution in [1.82, 2.24) is 20.2 Å². The maximum Gasteiger partial charge on any atom is 0.243 e. The van der Waals surface area contributed by atoms with Crippen LogP contribution in [0.15, 0.2) is 48.5 Å². The summed E-state index contributed by atoms with van der Waals surface area (Å²) in [6, 6.07) is 16.4. The third-order valence-electron chi connectivity index (χ3n) is 3.76. The molecular weight excluding hydrogens is 302 g/mol. The minimum Gasteiger partial charge on any atom is -0.489 e. The number of rotatable bonds is 7. The van der Waals surface area contributed by atoms with Crippen LogP contribution >= 0.6 is 0 Å². The third-order valence-corrected chi connectivity index (χ3v) is 3.76. The monoisotopic (exact) mass is 323 g/mol. The fourth-order valence-corrected chi connectivity index (χ4v) is 2.35. The molecule has 1 aromatic heterocycles. The first kappa shape index (κ1) is 16.0. The molecule has 124 valence electrons. The van der Waals surface area contributed by atoms with Crippen LogP contribution in [0.25, 0.3) is 0 Å². The van der Waals surface area contributed by atoms with E-state index in [1.54, 1.807) is 4.68 Å². The van der Waals surface area contributed by atoms with Crippen LogP contribution in [0, 0.1) is 6.92 Å². The van der Waals surface area contributed by atoms with Crippen molar-refractivity contribution in [3.05, 3.63) is 65.2 Å². The standard InChI is InChI=1S/C18H21N5O/c1-3-23-18(20-21-22-23)19-12-16-6-4-5-7-17(16)24-13-15-10-8-14(2)9-11-15/h4-11H,3,12-13H2,1-2H3,(H,19,20,22). The number of hydrogen-bond acceptors (Lipinski definition) is 5. The zero-order valence-electron chi connectivity index (χ0n) is 13.9. The molecule has 0 aliphatic heterocycles. The van der Waals surface area contributed by atoms with Gasteiger partial charge in [0.05, 0.1) is 0 Å². The van der Waals surface area contributed by atoms with E-state index in [4.69, 9.17) is 4.74 Å². The van der Waals surface area contributed by atoms with E-state index in [2.05, 4.69) is 52.0 Å². The van der Waals surface area contributed by atoms with Crippen LogP contribution in [-0.4, -0.2) is 20.2 Å². The van der Waals surface area contributed by atoms with Crippen molar-refractivity contribution in [2.75, 3.05) is 5.32 Å². The highest BCUT2D eigenvalue weighted by Crippen LogP contribution is 2.20. The van der Waals surface area contributed by atoms with Crippen LogP contribution in [0.5, 0.6) is 5.75 Å². The van der Waals surface area contributed by atoms with E-state index in [0.29, 0.717) is 19.1 Å². The lowest BCUT2D eigenvalue weighted by molar-refractivity contribution is 0.303. The van der Waals surface area contributed by atoms with Crippen LogP contribution < -0.4 is 10.1 Å². The summed E-state index contributed by atoms with van der Waals surface area (Å²) in [5.74, 6) is 1.52. The zero-order valence-corrected chi connectivity index (χ0v) is 13.9. The Balaban J connectivity index is 1.65. The number of aromatic nitrogens is 4. The quantitative estimate of drug-likeness (QED) is 0.723. The molecule has 0 amide bonds. The number of anilines is 1. The highest BCUT2D eigenvalue weighted by atomic mass is 16.5. The van der Waals surface area contributed by atoms with E-state index >= 15 is 0 Å². The van der Waals surface area contributed by atoms with Gasteiger partial charge in [-0.3, -0.25) is 0 Å². The Labute approximate surface area is 141 Å². The second kappa shape index (κ2) is 7.59. The number of hydrogen-bond donors (Lipinski definition) is 1. The number of para-hydroxylation sites is 1. The molecule has 0 aliphatic carbocycles. The average Bonchev–Trinajstić information content (AvgIpc) is 3.08. The van der Waals surface area contributed by atoms with Crippen LogP contribution in [-0.2, 0) is 19.7 Å². The molecule has 1 heterocycles. The molecule has 0 unspecified atom stereocenters. The first-order valence-corrected chi connectivity index (χ1v) is 8.02. The van der Waals surface area contributed by atoms with Gasteiger partial charge in [0.1, 0.15) is 12.4 Å². The van der Waals surface area contributed by atoms with E-state index in [1.165, 1.54) is 5.56 Å². The summed E-state index contributed by atoms with van der Waals surface area (Å²) >= 11 is 0. The Kier molecular flexibility index (Phi) is 5.05. The Morgan fingerprint density at radius 1 is 1.08 bits per heavy atom. The summed E-state index contributed by atoms with van der Waals surface area (Å²) in [6.45, 7) is 5.95. The summed E-state index contributed by atoms with van der Waals surface area (Å²) in [4.78, 5) is 0. The SMILES string of the molecule is CCn1nnnc1NCc1ccccc1OCc1ccc(C)cc1. The minimum atomic E-state index is 0.546. The first-order valence-electron chi connectivity index (χ1n) is 8.02. The molecule has 6 nitrogen and oxygen atoms in total. The van der Waals surface area contributed by atoms with Crippen molar-refractivity contribution in [3.63, 3.8) is 0 Å². The Bertz CT molecular complexity index is 782. The molecule has 6 heteroatoms. The fourth-order valence-electron chi connectivity index (χ4n) is 2.35. The maximum atomic E-state index is 5.99. The first-order chi connectivity index (χ1) is 11.8. The lowest BCUT2D eigenvalue weighted by Crippen LogP contribution is -2.09. The van der Waals surface area contributed by atoms with Crippen LogP contribution in [0.2, 0.25) is 0 Å². The predicted octanol–water partition coefficient (Wildman–Crippen LogP) is 3.19. The zero-order chi connectivity index (χ0) is 16.8. The Hall–Kier alpha value is -2.89. The van der Waals surface area contributed by atoms with Crippen molar-refractivity contribution in [2.24, 2.45) is 0 Å². The lowest BCUT2D eigenvalue weighted by atomic mass is 10.1. The summed E-state index contributed by atoms with van der Waals surface area (Å²) in [5.41, 5.74) is 3.46. The number of ether oxygens (including phenoxy) is 1. The number of benzene rings is 2. The van der Waals surface area contributed by atoms with E-state index in [9.17, 15) is 0 Å². The topological polar surface area (TPSA) is 64.9 Å². The van der Waals surface area contributed by atoms with Crippen molar-refractivity contribution in [2.45, 2.75) is 33.5 Å². The largest absolute Gasteiger partial charge is 0.489 e. The molecule has 0 spiro atoms. The highest BCUT2D eigenvalue weighted by molar-refractivity contribution is 5.37. The Morgan fingerprint density at radius 2 is 1.88 bits per heavy atom. The van der Waals surface area contributed by atoms with Gasteiger partial charge >= 0.3 is 0 Å². The molecule has 3 aromatic rings. The van der Waals surface area contributed by atoms with Gasteiger partial charge in [-0.15, -0.1) is 0 Å². The highest BCUT2D eigenvalue weighted by Gasteiger charge is 2.07. The van der Waals surface area contributed by atoms with E-state index in [-0.39, 0.29) is 0 Å². The van der Waals surface area contributed by atoms with Gasteiger partial charge in [0.2, 0.25) is 5.95 Å². The van der Waals surface area contributed by atoms with Gasteiger partial charge in [0, 0.05) is 18.7 Å². The van der Waals surface area contributed by atoms with Gasteiger partial charge in [-0.2, -0.15) is 0 Å². The molecule has 0 atom stereocenters. The van der Waals surface area contributed by atoms with Crippen LogP contribution in [0.3, 0.4) is 0 Å². The fraction of sp³-hybridized carbons (Fsp3) is 0.278. The molecule has 0 fully saturated rings. The van der Waals surface area contributed by atoms with Gasteiger partial charge in [0.25, 0.3) is 0 Å². The normalized spacial score (nSPS) is 10.6. The molecule has 0 saturated carbocycles. The summed E-state index contributed by atoms with van der Waals surface area (Å²) in [5, 5.41) is 14.8. The van der Waals surface area contributed by atoms with Crippen LogP contribution in [0.1, 0.15) is 23.6 Å². The summed E-state index contributed by atoms with van der Waals surface area (Å²) in [7, 11) is 0. The molecule has 0 aliphatic rings. The van der Waals surface area contributed by atoms with Crippen LogP contribution in [0.4, 0.5) is 5.95 Å². The number of aryl methyl sites for hydroxylation is 2. The maximum absolute atomic E-state index is 5.99. The molecule has 3 rings (SSSR count). The molecule has 0 bridgehead atoms. The van der Waals surface area contributed by atoms with E-state index < -0.39 is 0 Å². The Morgan fingerprint density at radius 3 is 2.67 bits per heavy atom. The summed E-state index contributed by atoms with van der Waals surface area (Å²) in [6.07, 6.45) is 0. The summed E-state index contributed by atoms with van der Waals surface area (Å²) < 4.78 is 7.71. The van der Waals surface area contributed by atoms with Crippen molar-refractivity contribution >= 4 is 5.95 Å². The molecule has 1 N–H and O–H groups in total. The van der Waals surface area contributed by atoms with Crippen molar-refractivity contribution < 1.29 is 4.74 Å². The second-order valence-corrected chi connectivity index (χ2v) is 5.55. The number of nitrogens with zero attached hydrogens (tertiary/aromatic N) is 4. The van der Waals surface area contributed by atoms with Crippen molar-refractivity contribution in [3.8, 4) is 5.75 Å². The number of nitrogens with one attached hydrogen (secondary N) is 1. The molecule has 0 radical (unpaired) electrons. The number of tetrazole rings is 1. The van der Waals surface area contributed by atoms with Crippen molar-refractivity contribution in [1.29, 1.82) is 0 Å². The molecule has 2 aromatic carbocycles. The van der Waals surface area contributed by atoms with Gasteiger partial charge < -0.3 is 10.1 Å². The lowest BCUT2D eigenvalue weighted by Gasteiger charge is -2.12. The van der Waals surface area contributed by atoms with E-state index in [0.717, 1.165) is 23.4 Å². The molecule has 0 saturated heterocycles. The average molecular weight is 323 g/mol. The third kappa shape index (κ3) is 3.90. The predicted molar refractivity (Wildman–Crippen MR) is 92.8 cm³/mol. The van der Waals surface area contributed by atoms with Gasteiger partial charge in [-0.25, -0.2) is 4.68 Å². The molecule has 24 heavy (non-hydrogen) atoms. The smallest absolute Gasteiger partial charge is 0.243 e. The minimum absolute atomic E-state index is 0.546. The molecular formula is C18H21N5O. The van der Waals surface area contributed by atoms with E-state index in [1.807, 2.05) is 31.2 Å². The van der Waals surface area contributed by atoms with Gasteiger partial charge in [0.15, 0.2) is 0 Å². The van der Waals surface area contributed by atoms with Gasteiger partial charge in [-0.05, 0) is 35.9 Å². The second-order valence-electron chi connectivity index (χ2n) is 5.55.